The van der Waals surface area contributed by atoms with E-state index in [0.29, 0.717) is 65.4 Å². The van der Waals surface area contributed by atoms with Gasteiger partial charge in [0.1, 0.15) is 6.23 Å². The zero-order chi connectivity index (χ0) is 25.1. The van der Waals surface area contributed by atoms with E-state index in [1.807, 2.05) is 0 Å². The second-order valence-corrected chi connectivity index (χ2v) is 8.65. The zero-order valence-electron chi connectivity index (χ0n) is 21.5. The van der Waals surface area contributed by atoms with Crippen molar-refractivity contribution in [3.05, 3.63) is 0 Å². The van der Waals surface area contributed by atoms with Gasteiger partial charge in [0.15, 0.2) is 6.29 Å². The van der Waals surface area contributed by atoms with Gasteiger partial charge in [-0.3, -0.25) is 10.1 Å². The maximum atomic E-state index is 11.9. The molecule has 204 valence electrons. The molecule has 0 spiro atoms. The summed E-state index contributed by atoms with van der Waals surface area (Å²) in [6.07, 6.45) is 10.1. The third-order valence-corrected chi connectivity index (χ3v) is 5.31. The van der Waals surface area contributed by atoms with E-state index in [4.69, 9.17) is 24.4 Å². The summed E-state index contributed by atoms with van der Waals surface area (Å²) in [4.78, 5) is 11.9. The Hall–Kier alpha value is -0.810. The highest BCUT2D eigenvalue weighted by molar-refractivity contribution is 5.75. The highest BCUT2D eigenvalue weighted by Gasteiger charge is 2.05. The Labute approximate surface area is 206 Å². The van der Waals surface area contributed by atoms with Crippen molar-refractivity contribution < 1.29 is 34.3 Å². The molecule has 0 bridgehead atoms. The van der Waals surface area contributed by atoms with Gasteiger partial charge >= 0.3 is 0 Å². The van der Waals surface area contributed by atoms with Crippen molar-refractivity contribution >= 4 is 5.91 Å². The summed E-state index contributed by atoms with van der Waals surface area (Å²) in [6, 6.07) is 0. The second kappa shape index (κ2) is 26.8. The van der Waals surface area contributed by atoms with Crippen molar-refractivity contribution in [3.63, 3.8) is 0 Å². The van der Waals surface area contributed by atoms with Gasteiger partial charge in [0.25, 0.3) is 0 Å². The highest BCUT2D eigenvalue weighted by atomic mass is 16.5. The number of nitrogens with one attached hydrogen (secondary N) is 2. The number of carbonyl (C=O) groups is 1. The van der Waals surface area contributed by atoms with Gasteiger partial charge < -0.3 is 34.8 Å². The van der Waals surface area contributed by atoms with E-state index in [1.165, 1.54) is 12.8 Å². The molecule has 0 rings (SSSR count). The Bertz CT molecular complexity index is 428. The third-order valence-electron chi connectivity index (χ3n) is 5.31. The minimum atomic E-state index is -1.17. The van der Waals surface area contributed by atoms with Crippen LogP contribution in [0.25, 0.3) is 0 Å². The van der Waals surface area contributed by atoms with Crippen LogP contribution >= 0.6 is 0 Å². The maximum absolute atomic E-state index is 11.9. The van der Waals surface area contributed by atoms with E-state index >= 15 is 0 Å². The first kappa shape index (κ1) is 33.2. The first-order valence-corrected chi connectivity index (χ1v) is 13.3. The summed E-state index contributed by atoms with van der Waals surface area (Å²) >= 11 is 0. The predicted molar refractivity (Wildman–Crippen MR) is 133 cm³/mol. The number of rotatable bonds is 27. The van der Waals surface area contributed by atoms with Crippen molar-refractivity contribution in [1.29, 1.82) is 0 Å². The molecule has 0 heterocycles. The topological polar surface area (TPSA) is 130 Å². The van der Waals surface area contributed by atoms with Crippen LogP contribution in [-0.2, 0) is 19.0 Å². The molecule has 1 unspecified atom stereocenters. The number of aliphatic hydroxyl groups is 3. The van der Waals surface area contributed by atoms with Crippen LogP contribution < -0.4 is 10.6 Å². The molecule has 5 N–H and O–H groups in total. The molecule has 1 amide bonds. The van der Waals surface area contributed by atoms with Gasteiger partial charge in [-0.15, -0.1) is 0 Å². The van der Waals surface area contributed by atoms with Crippen molar-refractivity contribution in [2.45, 2.75) is 103 Å². The van der Waals surface area contributed by atoms with Crippen molar-refractivity contribution in [3.8, 4) is 0 Å². The lowest BCUT2D eigenvalue weighted by Crippen LogP contribution is -2.33. The molecule has 0 aliphatic rings. The van der Waals surface area contributed by atoms with Crippen LogP contribution in [0.4, 0.5) is 0 Å². The average molecular weight is 493 g/mol. The number of amides is 1. The normalized spacial score (nSPS) is 12.4. The van der Waals surface area contributed by atoms with Crippen LogP contribution in [0.3, 0.4) is 0 Å². The number of ether oxygens (including phenoxy) is 3. The second-order valence-electron chi connectivity index (χ2n) is 8.65. The molecular formula is C25H52N2O7. The number of hydrogen-bond donors (Lipinski definition) is 5. The van der Waals surface area contributed by atoms with Gasteiger partial charge in [-0.2, -0.15) is 0 Å². The fourth-order valence-electron chi connectivity index (χ4n) is 3.37. The molecule has 0 fully saturated rings. The van der Waals surface area contributed by atoms with Crippen molar-refractivity contribution in [2.24, 2.45) is 0 Å². The molecule has 9 heteroatoms. The van der Waals surface area contributed by atoms with E-state index in [9.17, 15) is 9.90 Å². The van der Waals surface area contributed by atoms with Crippen LogP contribution in [-0.4, -0.2) is 86.5 Å². The van der Waals surface area contributed by atoms with Crippen LogP contribution in [0.15, 0.2) is 0 Å². The SMILES string of the molecule is CCCOCCOCCOCCNC(O)CCCNC(=O)CCCCCCCCCCC(O)O. The van der Waals surface area contributed by atoms with Gasteiger partial charge in [-0.1, -0.05) is 45.4 Å². The standard InChI is InChI=1S/C25H52N2O7/c1-2-17-32-19-21-34-22-20-33-18-16-27-24(29)13-11-15-26-23(28)12-9-7-5-3-4-6-8-10-14-25(30)31/h24-25,27,29-31H,2-22H2,1H3,(H,26,28). The smallest absolute Gasteiger partial charge is 0.219 e. The number of hydrogen-bond acceptors (Lipinski definition) is 8. The number of carbonyl (C=O) groups excluding carboxylic acids is 1. The van der Waals surface area contributed by atoms with E-state index in [2.05, 4.69) is 17.6 Å². The molecular weight excluding hydrogens is 440 g/mol. The van der Waals surface area contributed by atoms with Crippen LogP contribution in [0.1, 0.15) is 90.4 Å². The molecule has 0 aromatic rings. The molecule has 0 saturated heterocycles. The maximum Gasteiger partial charge on any atom is 0.219 e. The summed E-state index contributed by atoms with van der Waals surface area (Å²) in [7, 11) is 0. The minimum Gasteiger partial charge on any atom is -0.379 e. The summed E-state index contributed by atoms with van der Waals surface area (Å²) in [5, 5.41) is 33.4. The first-order chi connectivity index (χ1) is 16.6. The lowest BCUT2D eigenvalue weighted by molar-refractivity contribution is -0.121. The fraction of sp³-hybridized carbons (Fsp3) is 0.960. The van der Waals surface area contributed by atoms with Crippen LogP contribution in [0.5, 0.6) is 0 Å². The Morgan fingerprint density at radius 3 is 1.85 bits per heavy atom. The average Bonchev–Trinajstić information content (AvgIpc) is 2.81. The minimum absolute atomic E-state index is 0.0811. The number of aliphatic hydroxyl groups excluding tert-OH is 2. The molecule has 0 aliphatic heterocycles. The Morgan fingerprint density at radius 1 is 0.676 bits per heavy atom. The summed E-state index contributed by atoms with van der Waals surface area (Å²) in [5.74, 6) is 0.0811. The highest BCUT2D eigenvalue weighted by Crippen LogP contribution is 2.11. The lowest BCUT2D eigenvalue weighted by atomic mass is 10.1. The summed E-state index contributed by atoms with van der Waals surface area (Å²) in [6.45, 7) is 6.76. The lowest BCUT2D eigenvalue weighted by Gasteiger charge is -2.13. The monoisotopic (exact) mass is 492 g/mol. The largest absolute Gasteiger partial charge is 0.379 e. The van der Waals surface area contributed by atoms with Crippen molar-refractivity contribution in [1.82, 2.24) is 10.6 Å². The number of unbranched alkanes of at least 4 members (excludes halogenated alkanes) is 7. The molecule has 9 nitrogen and oxygen atoms in total. The first-order valence-electron chi connectivity index (χ1n) is 13.3. The molecule has 34 heavy (non-hydrogen) atoms. The van der Waals surface area contributed by atoms with E-state index in [-0.39, 0.29) is 5.91 Å². The molecule has 0 saturated carbocycles. The van der Waals surface area contributed by atoms with Gasteiger partial charge in [0.2, 0.25) is 5.91 Å². The quantitative estimate of drug-likeness (QED) is 0.0873. The van der Waals surface area contributed by atoms with E-state index in [0.717, 1.165) is 58.0 Å². The van der Waals surface area contributed by atoms with Gasteiger partial charge in [0.05, 0.1) is 33.0 Å². The van der Waals surface area contributed by atoms with E-state index < -0.39 is 12.5 Å². The van der Waals surface area contributed by atoms with Crippen LogP contribution in [0, 0.1) is 0 Å². The molecule has 0 aromatic carbocycles. The molecule has 1 atom stereocenters. The predicted octanol–water partition coefficient (Wildman–Crippen LogP) is 2.46. The summed E-state index contributed by atoms with van der Waals surface area (Å²) in [5.41, 5.74) is 0. The van der Waals surface area contributed by atoms with E-state index in [1.54, 1.807) is 0 Å². The molecule has 0 radical (unpaired) electrons. The summed E-state index contributed by atoms with van der Waals surface area (Å²) < 4.78 is 16.2. The van der Waals surface area contributed by atoms with Gasteiger partial charge in [-0.05, 0) is 38.5 Å². The van der Waals surface area contributed by atoms with Gasteiger partial charge in [0, 0.05) is 26.1 Å². The fourth-order valence-corrected chi connectivity index (χ4v) is 3.37. The Morgan fingerprint density at radius 2 is 1.24 bits per heavy atom. The van der Waals surface area contributed by atoms with Gasteiger partial charge in [-0.25, -0.2) is 0 Å². The molecule has 0 aromatic heterocycles. The Kier molecular flexibility index (Phi) is 26.2. The zero-order valence-corrected chi connectivity index (χ0v) is 21.5. The third kappa shape index (κ3) is 27.4. The molecule has 0 aliphatic carbocycles. The van der Waals surface area contributed by atoms with Crippen molar-refractivity contribution in [2.75, 3.05) is 52.7 Å². The Balaban J connectivity index is 3.29. The van der Waals surface area contributed by atoms with Crippen LogP contribution in [0.2, 0.25) is 0 Å².